The summed E-state index contributed by atoms with van der Waals surface area (Å²) in [5, 5.41) is 5.31. The zero-order valence-corrected chi connectivity index (χ0v) is 17.0. The normalized spacial score (nSPS) is 11.1. The zero-order chi connectivity index (χ0) is 22.6. The number of hydrogen-bond acceptors (Lipinski definition) is 2. The van der Waals surface area contributed by atoms with Gasteiger partial charge in [-0.3, -0.25) is 9.59 Å². The number of benzene rings is 3. The summed E-state index contributed by atoms with van der Waals surface area (Å²) in [4.78, 5) is 25.2. The van der Waals surface area contributed by atoms with Crippen LogP contribution in [0.25, 0.3) is 0 Å². The molecule has 0 aliphatic heterocycles. The minimum Gasteiger partial charge on any atom is -0.326 e. The number of nitrogens with one attached hydrogen (secondary N) is 2. The van der Waals surface area contributed by atoms with Gasteiger partial charge in [0.1, 0.15) is 0 Å². The molecule has 0 saturated heterocycles. The smallest absolute Gasteiger partial charge is 0.326 e. The van der Waals surface area contributed by atoms with Crippen LogP contribution in [0, 0.1) is 13.8 Å². The van der Waals surface area contributed by atoms with E-state index in [1.165, 1.54) is 0 Å². The van der Waals surface area contributed by atoms with Crippen molar-refractivity contribution in [2.75, 3.05) is 10.6 Å². The Bertz CT molecular complexity index is 1090. The highest BCUT2D eigenvalue weighted by Gasteiger charge is 2.31. The Balaban J connectivity index is 1.86. The minimum absolute atomic E-state index is 0.00707. The molecule has 2 amide bonds. The van der Waals surface area contributed by atoms with E-state index < -0.39 is 23.6 Å². The first kappa shape index (κ1) is 22.1. The third-order valence-corrected chi connectivity index (χ3v) is 4.67. The quantitative estimate of drug-likeness (QED) is 0.545. The largest absolute Gasteiger partial charge is 0.416 e. The minimum atomic E-state index is -4.59. The number of halogens is 3. The van der Waals surface area contributed by atoms with E-state index in [0.29, 0.717) is 11.4 Å². The van der Waals surface area contributed by atoms with E-state index in [0.717, 1.165) is 29.3 Å². The summed E-state index contributed by atoms with van der Waals surface area (Å²) in [5.74, 6) is -1.11. The fourth-order valence-corrected chi connectivity index (χ4v) is 2.99. The van der Waals surface area contributed by atoms with Gasteiger partial charge in [0.25, 0.3) is 5.91 Å². The van der Waals surface area contributed by atoms with Gasteiger partial charge in [-0.2, -0.15) is 13.2 Å². The fourth-order valence-electron chi connectivity index (χ4n) is 2.99. The maximum absolute atomic E-state index is 13.2. The van der Waals surface area contributed by atoms with Gasteiger partial charge in [-0.1, -0.05) is 35.4 Å². The van der Waals surface area contributed by atoms with Crippen LogP contribution in [0.15, 0.2) is 66.7 Å². The number of aryl methyl sites for hydroxylation is 2. The van der Waals surface area contributed by atoms with E-state index in [9.17, 15) is 22.8 Å². The highest BCUT2D eigenvalue weighted by molar-refractivity contribution is 6.06. The Hall–Kier alpha value is -3.61. The summed E-state index contributed by atoms with van der Waals surface area (Å²) in [6.07, 6.45) is -4.97. The number of alkyl halides is 3. The molecule has 0 bridgehead atoms. The summed E-state index contributed by atoms with van der Waals surface area (Å²) in [6, 6.07) is 16.8. The second-order valence-electron chi connectivity index (χ2n) is 7.28. The van der Waals surface area contributed by atoms with E-state index in [-0.39, 0.29) is 17.5 Å². The van der Waals surface area contributed by atoms with Crippen molar-refractivity contribution in [3.8, 4) is 0 Å². The first-order valence-electron chi connectivity index (χ1n) is 9.56. The fraction of sp³-hybridized carbons (Fsp3) is 0.167. The molecule has 0 radical (unpaired) electrons. The topological polar surface area (TPSA) is 58.2 Å². The highest BCUT2D eigenvalue weighted by atomic mass is 19.4. The lowest BCUT2D eigenvalue weighted by Crippen LogP contribution is -2.20. The van der Waals surface area contributed by atoms with Crippen molar-refractivity contribution in [1.82, 2.24) is 0 Å². The molecule has 4 nitrogen and oxygen atoms in total. The van der Waals surface area contributed by atoms with Crippen LogP contribution in [-0.2, 0) is 17.4 Å². The molecule has 3 aromatic rings. The van der Waals surface area contributed by atoms with Gasteiger partial charge in [0.15, 0.2) is 0 Å². The molecule has 3 aromatic carbocycles. The number of carbonyl (C=O) groups excluding carboxylic acids is 2. The van der Waals surface area contributed by atoms with Gasteiger partial charge in [-0.15, -0.1) is 0 Å². The first-order chi connectivity index (χ1) is 14.6. The molecule has 2 N–H and O–H groups in total. The average Bonchev–Trinajstić information content (AvgIpc) is 2.70. The van der Waals surface area contributed by atoms with Gasteiger partial charge >= 0.3 is 6.18 Å². The van der Waals surface area contributed by atoms with Crippen molar-refractivity contribution in [3.05, 3.63) is 94.5 Å². The van der Waals surface area contributed by atoms with Gasteiger partial charge in [-0.25, -0.2) is 0 Å². The molecule has 0 atom stereocenters. The Morgan fingerprint density at radius 3 is 1.81 bits per heavy atom. The molecular weight excluding hydrogens is 405 g/mol. The number of carbonyl (C=O) groups is 2. The Morgan fingerprint density at radius 2 is 1.29 bits per heavy atom. The van der Waals surface area contributed by atoms with Gasteiger partial charge in [0, 0.05) is 16.9 Å². The monoisotopic (exact) mass is 426 g/mol. The van der Waals surface area contributed by atoms with Crippen LogP contribution in [0.4, 0.5) is 24.5 Å². The summed E-state index contributed by atoms with van der Waals surface area (Å²) in [7, 11) is 0. The lowest BCUT2D eigenvalue weighted by molar-refractivity contribution is -0.137. The van der Waals surface area contributed by atoms with E-state index in [1.807, 2.05) is 13.8 Å². The first-order valence-corrected chi connectivity index (χ1v) is 9.56. The summed E-state index contributed by atoms with van der Waals surface area (Å²) < 4.78 is 39.6. The summed E-state index contributed by atoms with van der Waals surface area (Å²) in [5.41, 5.74) is 2.11. The second kappa shape index (κ2) is 9.04. The third kappa shape index (κ3) is 5.94. The van der Waals surface area contributed by atoms with E-state index >= 15 is 0 Å². The van der Waals surface area contributed by atoms with Crippen LogP contribution < -0.4 is 10.6 Å². The molecule has 0 heterocycles. The van der Waals surface area contributed by atoms with Crippen molar-refractivity contribution in [1.29, 1.82) is 0 Å². The van der Waals surface area contributed by atoms with Crippen LogP contribution >= 0.6 is 0 Å². The lowest BCUT2D eigenvalue weighted by atomic mass is 9.99. The van der Waals surface area contributed by atoms with Gasteiger partial charge < -0.3 is 10.6 Å². The predicted molar refractivity (Wildman–Crippen MR) is 114 cm³/mol. The highest BCUT2D eigenvalue weighted by Crippen LogP contribution is 2.31. The Kier molecular flexibility index (Phi) is 6.44. The molecule has 0 spiro atoms. The van der Waals surface area contributed by atoms with Crippen molar-refractivity contribution < 1.29 is 22.8 Å². The summed E-state index contributed by atoms with van der Waals surface area (Å²) >= 11 is 0. The molecule has 0 saturated carbocycles. The zero-order valence-electron chi connectivity index (χ0n) is 17.0. The maximum Gasteiger partial charge on any atom is 0.416 e. The SMILES string of the molecule is Cc1ccc(NC(=O)Cc2cc(C(F)(F)F)ccc2C(=O)Nc2ccc(C)cc2)cc1. The molecule has 31 heavy (non-hydrogen) atoms. The molecule has 7 heteroatoms. The molecule has 0 aliphatic carbocycles. The van der Waals surface area contributed by atoms with Crippen LogP contribution in [-0.4, -0.2) is 11.8 Å². The Labute approximate surface area is 178 Å². The Morgan fingerprint density at radius 1 is 0.774 bits per heavy atom. The van der Waals surface area contributed by atoms with Crippen molar-refractivity contribution >= 4 is 23.2 Å². The molecule has 0 aromatic heterocycles. The van der Waals surface area contributed by atoms with E-state index in [2.05, 4.69) is 10.6 Å². The average molecular weight is 426 g/mol. The van der Waals surface area contributed by atoms with E-state index in [4.69, 9.17) is 0 Å². The summed E-state index contributed by atoms with van der Waals surface area (Å²) in [6.45, 7) is 3.79. The van der Waals surface area contributed by atoms with Crippen LogP contribution in [0.1, 0.15) is 32.6 Å². The van der Waals surface area contributed by atoms with Crippen molar-refractivity contribution in [2.24, 2.45) is 0 Å². The van der Waals surface area contributed by atoms with Gasteiger partial charge in [0.05, 0.1) is 12.0 Å². The van der Waals surface area contributed by atoms with Crippen LogP contribution in [0.2, 0.25) is 0 Å². The van der Waals surface area contributed by atoms with Gasteiger partial charge in [-0.05, 0) is 61.9 Å². The number of amides is 2. The molecule has 0 unspecified atom stereocenters. The maximum atomic E-state index is 13.2. The lowest BCUT2D eigenvalue weighted by Gasteiger charge is -2.14. The number of rotatable bonds is 5. The molecule has 0 aliphatic rings. The molecular formula is C24H21F3N2O2. The molecule has 0 fully saturated rings. The van der Waals surface area contributed by atoms with Crippen LogP contribution in [0.3, 0.4) is 0 Å². The third-order valence-electron chi connectivity index (χ3n) is 4.67. The molecule has 160 valence electrons. The number of hydrogen-bond donors (Lipinski definition) is 2. The second-order valence-corrected chi connectivity index (χ2v) is 7.28. The number of anilines is 2. The standard InChI is InChI=1S/C24H21F3N2O2/c1-15-3-8-19(9-4-15)28-22(30)14-17-13-18(24(25,26)27)7-12-21(17)23(31)29-20-10-5-16(2)6-11-20/h3-13H,14H2,1-2H3,(H,28,30)(H,29,31). The van der Waals surface area contributed by atoms with Gasteiger partial charge in [0.2, 0.25) is 5.91 Å². The van der Waals surface area contributed by atoms with Crippen molar-refractivity contribution in [3.63, 3.8) is 0 Å². The molecule has 3 rings (SSSR count). The van der Waals surface area contributed by atoms with E-state index in [1.54, 1.807) is 48.5 Å². The van der Waals surface area contributed by atoms with Crippen LogP contribution in [0.5, 0.6) is 0 Å². The van der Waals surface area contributed by atoms with Crippen molar-refractivity contribution in [2.45, 2.75) is 26.4 Å². The predicted octanol–water partition coefficient (Wildman–Crippen LogP) is 5.76.